The van der Waals surface area contributed by atoms with E-state index in [0.29, 0.717) is 36.7 Å². The number of amides is 1. The van der Waals surface area contributed by atoms with E-state index in [9.17, 15) is 14.7 Å². The van der Waals surface area contributed by atoms with Crippen LogP contribution in [0.4, 0.5) is 0 Å². The Morgan fingerprint density at radius 2 is 1.81 bits per heavy atom. The van der Waals surface area contributed by atoms with Crippen molar-refractivity contribution >= 4 is 11.9 Å². The van der Waals surface area contributed by atoms with Crippen molar-refractivity contribution in [3.63, 3.8) is 0 Å². The SMILES string of the molecule is CCCCCCCCC(=O)NCc1ccc([C@H](C(=O)O)C(CN)CC(C)C)c(OC)c1. The van der Waals surface area contributed by atoms with Crippen molar-refractivity contribution < 1.29 is 19.4 Å². The van der Waals surface area contributed by atoms with Crippen molar-refractivity contribution in [3.8, 4) is 5.75 Å². The van der Waals surface area contributed by atoms with Gasteiger partial charge in [-0.15, -0.1) is 0 Å². The van der Waals surface area contributed by atoms with Crippen LogP contribution in [0, 0.1) is 11.8 Å². The molecule has 1 rings (SSSR count). The molecular weight excluding hydrogens is 392 g/mol. The lowest BCUT2D eigenvalue weighted by Gasteiger charge is -2.26. The number of carbonyl (C=O) groups is 2. The van der Waals surface area contributed by atoms with Gasteiger partial charge in [-0.05, 0) is 42.9 Å². The Hall–Kier alpha value is -2.08. The largest absolute Gasteiger partial charge is 0.496 e. The van der Waals surface area contributed by atoms with E-state index in [-0.39, 0.29) is 11.8 Å². The highest BCUT2D eigenvalue weighted by molar-refractivity contribution is 5.78. The summed E-state index contributed by atoms with van der Waals surface area (Å²) in [5.74, 6) is -0.871. The van der Waals surface area contributed by atoms with Crippen molar-refractivity contribution in [2.75, 3.05) is 13.7 Å². The number of carboxylic acids is 1. The molecule has 6 nitrogen and oxygen atoms in total. The van der Waals surface area contributed by atoms with E-state index in [1.807, 2.05) is 12.1 Å². The highest BCUT2D eigenvalue weighted by atomic mass is 16.5. The van der Waals surface area contributed by atoms with Crippen LogP contribution >= 0.6 is 0 Å². The monoisotopic (exact) mass is 434 g/mol. The maximum absolute atomic E-state index is 12.1. The van der Waals surface area contributed by atoms with Gasteiger partial charge in [-0.25, -0.2) is 0 Å². The number of hydrogen-bond acceptors (Lipinski definition) is 4. The summed E-state index contributed by atoms with van der Waals surface area (Å²) in [6, 6.07) is 5.48. The Bertz CT molecular complexity index is 675. The van der Waals surface area contributed by atoms with Crippen LogP contribution < -0.4 is 15.8 Å². The van der Waals surface area contributed by atoms with Gasteiger partial charge in [0.25, 0.3) is 0 Å². The smallest absolute Gasteiger partial charge is 0.311 e. The predicted octanol–water partition coefficient (Wildman–Crippen LogP) is 4.85. The van der Waals surface area contributed by atoms with Crippen LogP contribution in [0.1, 0.15) is 89.2 Å². The number of aliphatic carboxylic acids is 1. The molecule has 0 radical (unpaired) electrons. The maximum atomic E-state index is 12.1. The number of benzene rings is 1. The Morgan fingerprint density at radius 3 is 2.39 bits per heavy atom. The topological polar surface area (TPSA) is 102 Å². The lowest BCUT2D eigenvalue weighted by molar-refractivity contribution is -0.140. The molecule has 0 saturated heterocycles. The van der Waals surface area contributed by atoms with Crippen LogP contribution in [-0.2, 0) is 16.1 Å². The molecule has 1 aromatic rings. The van der Waals surface area contributed by atoms with Crippen molar-refractivity contribution in [2.45, 2.75) is 84.6 Å². The molecule has 0 aliphatic rings. The highest BCUT2D eigenvalue weighted by Gasteiger charge is 2.31. The molecule has 0 aliphatic heterocycles. The van der Waals surface area contributed by atoms with E-state index < -0.39 is 11.9 Å². The summed E-state index contributed by atoms with van der Waals surface area (Å²) < 4.78 is 5.52. The molecule has 0 aromatic heterocycles. The lowest BCUT2D eigenvalue weighted by atomic mass is 9.80. The quantitative estimate of drug-likeness (QED) is 0.323. The molecular formula is C25H42N2O4. The van der Waals surface area contributed by atoms with Crippen molar-refractivity contribution in [1.29, 1.82) is 0 Å². The van der Waals surface area contributed by atoms with Gasteiger partial charge in [-0.1, -0.05) is 65.0 Å². The molecule has 1 aromatic carbocycles. The maximum Gasteiger partial charge on any atom is 0.311 e. The van der Waals surface area contributed by atoms with Gasteiger partial charge in [-0.2, -0.15) is 0 Å². The number of hydrogen-bond donors (Lipinski definition) is 3. The van der Waals surface area contributed by atoms with Gasteiger partial charge in [0.15, 0.2) is 0 Å². The lowest BCUT2D eigenvalue weighted by Crippen LogP contribution is -2.29. The third kappa shape index (κ3) is 9.72. The fourth-order valence-electron chi connectivity index (χ4n) is 4.04. The third-order valence-corrected chi connectivity index (χ3v) is 5.69. The highest BCUT2D eigenvalue weighted by Crippen LogP contribution is 2.35. The summed E-state index contributed by atoms with van der Waals surface area (Å²) in [7, 11) is 1.54. The number of unbranched alkanes of at least 4 members (excludes halogenated alkanes) is 5. The van der Waals surface area contributed by atoms with Crippen molar-refractivity contribution in [2.24, 2.45) is 17.6 Å². The summed E-state index contributed by atoms with van der Waals surface area (Å²) in [6.45, 7) is 7.02. The van der Waals surface area contributed by atoms with E-state index in [4.69, 9.17) is 10.5 Å². The molecule has 0 spiro atoms. The summed E-state index contributed by atoms with van der Waals surface area (Å²) in [6.07, 6.45) is 8.17. The number of methoxy groups -OCH3 is 1. The number of carbonyl (C=O) groups excluding carboxylic acids is 1. The number of ether oxygens (including phenoxy) is 1. The van der Waals surface area contributed by atoms with Gasteiger partial charge in [-0.3, -0.25) is 9.59 Å². The minimum Gasteiger partial charge on any atom is -0.496 e. The second-order valence-electron chi connectivity index (χ2n) is 8.81. The first-order valence-corrected chi connectivity index (χ1v) is 11.7. The van der Waals surface area contributed by atoms with Gasteiger partial charge in [0, 0.05) is 18.5 Å². The van der Waals surface area contributed by atoms with Gasteiger partial charge in [0.2, 0.25) is 5.91 Å². The molecule has 0 heterocycles. The summed E-state index contributed by atoms with van der Waals surface area (Å²) in [5.41, 5.74) is 7.44. The first-order chi connectivity index (χ1) is 14.8. The Kier molecular flexibility index (Phi) is 12.9. The molecule has 1 unspecified atom stereocenters. The zero-order chi connectivity index (χ0) is 23.2. The van der Waals surface area contributed by atoms with Crippen molar-refractivity contribution in [3.05, 3.63) is 29.3 Å². The average Bonchev–Trinajstić information content (AvgIpc) is 2.74. The normalized spacial score (nSPS) is 13.1. The molecule has 0 saturated carbocycles. The molecule has 4 N–H and O–H groups in total. The van der Waals surface area contributed by atoms with Crippen molar-refractivity contribution in [1.82, 2.24) is 5.32 Å². The first-order valence-electron chi connectivity index (χ1n) is 11.7. The summed E-state index contributed by atoms with van der Waals surface area (Å²) >= 11 is 0. The minimum absolute atomic E-state index is 0.0436. The zero-order valence-corrected chi connectivity index (χ0v) is 19.8. The molecule has 1 amide bonds. The summed E-state index contributed by atoms with van der Waals surface area (Å²) in [4.78, 5) is 24.2. The van der Waals surface area contributed by atoms with Gasteiger partial charge < -0.3 is 20.9 Å². The summed E-state index contributed by atoms with van der Waals surface area (Å²) in [5, 5.41) is 12.8. The standard InChI is InChI=1S/C25H42N2O4/c1-5-6-7-8-9-10-11-23(28)27-17-19-12-13-21(22(15-19)31-4)24(25(29)30)20(16-26)14-18(2)3/h12-13,15,18,20,24H,5-11,14,16-17,26H2,1-4H3,(H,27,28)(H,29,30)/t20?,24-/m1/s1. The van der Waals surface area contributed by atoms with Crippen LogP contribution in [0.25, 0.3) is 0 Å². The molecule has 2 atom stereocenters. The molecule has 176 valence electrons. The Balaban J connectivity index is 2.74. The fourth-order valence-corrected chi connectivity index (χ4v) is 4.04. The van der Waals surface area contributed by atoms with E-state index >= 15 is 0 Å². The van der Waals surface area contributed by atoms with Crippen LogP contribution in [0.3, 0.4) is 0 Å². The van der Waals surface area contributed by atoms with E-state index in [0.717, 1.165) is 24.8 Å². The zero-order valence-electron chi connectivity index (χ0n) is 19.8. The average molecular weight is 435 g/mol. The van der Waals surface area contributed by atoms with Gasteiger partial charge >= 0.3 is 5.97 Å². The molecule has 0 fully saturated rings. The molecule has 6 heteroatoms. The van der Waals surface area contributed by atoms with Gasteiger partial charge in [0.1, 0.15) is 5.75 Å². The Morgan fingerprint density at radius 1 is 1.13 bits per heavy atom. The van der Waals surface area contributed by atoms with E-state index in [1.165, 1.54) is 25.7 Å². The van der Waals surface area contributed by atoms with Crippen LogP contribution in [-0.4, -0.2) is 30.6 Å². The molecule has 0 bridgehead atoms. The molecule has 0 aliphatic carbocycles. The van der Waals surface area contributed by atoms with Crippen LogP contribution in [0.2, 0.25) is 0 Å². The minimum atomic E-state index is -0.894. The number of rotatable bonds is 16. The second kappa shape index (κ2) is 14.8. The number of carboxylic acid groups (broad SMARTS) is 1. The number of nitrogens with one attached hydrogen (secondary N) is 1. The fraction of sp³-hybridized carbons (Fsp3) is 0.680. The first kappa shape index (κ1) is 27.0. The second-order valence-corrected chi connectivity index (χ2v) is 8.81. The number of nitrogens with two attached hydrogens (primary N) is 1. The van der Waals surface area contributed by atoms with E-state index in [1.54, 1.807) is 13.2 Å². The molecule has 31 heavy (non-hydrogen) atoms. The predicted molar refractivity (Wildman–Crippen MR) is 125 cm³/mol. The van der Waals surface area contributed by atoms with Crippen LogP contribution in [0.5, 0.6) is 5.75 Å². The van der Waals surface area contributed by atoms with Crippen LogP contribution in [0.15, 0.2) is 18.2 Å². The third-order valence-electron chi connectivity index (χ3n) is 5.69. The van der Waals surface area contributed by atoms with Gasteiger partial charge in [0.05, 0.1) is 13.0 Å². The Labute approximate surface area is 187 Å². The van der Waals surface area contributed by atoms with E-state index in [2.05, 4.69) is 26.1 Å².